The van der Waals surface area contributed by atoms with Crippen LogP contribution in [0, 0.1) is 11.7 Å². The van der Waals surface area contributed by atoms with Gasteiger partial charge in [-0.05, 0) is 98.9 Å². The van der Waals surface area contributed by atoms with Crippen molar-refractivity contribution in [1.29, 1.82) is 0 Å². The average molecular weight is 653 g/mol. The molecule has 0 bridgehead atoms. The Morgan fingerprint density at radius 3 is 2.29 bits per heavy atom. The van der Waals surface area contributed by atoms with Crippen molar-refractivity contribution in [2.24, 2.45) is 5.92 Å². The number of carbonyl (C=O) groups excluding carboxylic acids is 2. The van der Waals surface area contributed by atoms with Gasteiger partial charge in [0, 0.05) is 29.9 Å². The number of benzene rings is 3. The number of nitrogens with one attached hydrogen (secondary N) is 1. The molecule has 1 N–H and O–H groups in total. The Balaban J connectivity index is 1.57. The molecule has 1 amide bonds. The SMILES string of the molecule is CCCCOC(=O)CC1CC(CCn2c(-c3ccc(F)cc3)c(-c3ccccc3)c(C(=O)Nc3ccccc3)c2C(C)C)OC(C)(C)C1. The molecule has 6 nitrogen and oxygen atoms in total. The summed E-state index contributed by atoms with van der Waals surface area (Å²) in [6, 6.07) is 25.9. The van der Waals surface area contributed by atoms with Crippen molar-refractivity contribution >= 4 is 17.6 Å². The third-order valence-electron chi connectivity index (χ3n) is 9.04. The molecule has 2 heterocycles. The van der Waals surface area contributed by atoms with Crippen LogP contribution in [0.4, 0.5) is 10.1 Å². The maximum Gasteiger partial charge on any atom is 0.306 e. The maximum atomic E-state index is 14.4. The van der Waals surface area contributed by atoms with Gasteiger partial charge in [-0.25, -0.2) is 4.39 Å². The molecule has 0 radical (unpaired) electrons. The van der Waals surface area contributed by atoms with Crippen molar-refractivity contribution in [2.45, 2.75) is 97.3 Å². The molecule has 1 saturated heterocycles. The zero-order valence-electron chi connectivity index (χ0n) is 28.9. The molecule has 0 aliphatic carbocycles. The van der Waals surface area contributed by atoms with Gasteiger partial charge < -0.3 is 19.4 Å². The number of esters is 1. The number of anilines is 1. The highest BCUT2D eigenvalue weighted by Gasteiger charge is 2.37. The molecule has 2 unspecified atom stereocenters. The molecule has 4 aromatic rings. The number of unbranched alkanes of at least 4 members (excludes halogenated alkanes) is 1. The second-order valence-electron chi connectivity index (χ2n) is 13.9. The Labute approximate surface area is 284 Å². The number of amides is 1. The van der Waals surface area contributed by atoms with Crippen molar-refractivity contribution in [3.05, 3.63) is 102 Å². The number of para-hydroxylation sites is 1. The van der Waals surface area contributed by atoms with E-state index in [0.29, 0.717) is 37.2 Å². The van der Waals surface area contributed by atoms with Crippen LogP contribution in [-0.2, 0) is 20.8 Å². The van der Waals surface area contributed by atoms with E-state index in [9.17, 15) is 14.0 Å². The molecule has 0 saturated carbocycles. The van der Waals surface area contributed by atoms with Gasteiger partial charge in [0.1, 0.15) is 5.82 Å². The smallest absolute Gasteiger partial charge is 0.306 e. The summed E-state index contributed by atoms with van der Waals surface area (Å²) >= 11 is 0. The molecule has 254 valence electrons. The van der Waals surface area contributed by atoms with Crippen molar-refractivity contribution in [3.63, 3.8) is 0 Å². The molecule has 0 spiro atoms. The van der Waals surface area contributed by atoms with E-state index in [-0.39, 0.29) is 41.2 Å². The summed E-state index contributed by atoms with van der Waals surface area (Å²) in [6.07, 6.45) is 4.37. The quantitative estimate of drug-likeness (QED) is 0.115. The van der Waals surface area contributed by atoms with Gasteiger partial charge in [-0.15, -0.1) is 0 Å². The number of nitrogens with zero attached hydrogens (tertiary/aromatic N) is 1. The van der Waals surface area contributed by atoms with Gasteiger partial charge in [0.2, 0.25) is 0 Å². The molecular weight excluding hydrogens is 603 g/mol. The molecule has 1 aromatic heterocycles. The minimum absolute atomic E-state index is 0.00691. The third-order valence-corrected chi connectivity index (χ3v) is 9.04. The Bertz CT molecular complexity index is 1660. The lowest BCUT2D eigenvalue weighted by Crippen LogP contribution is -2.41. The number of ether oxygens (including phenoxy) is 2. The first-order valence-electron chi connectivity index (χ1n) is 17.3. The molecule has 5 rings (SSSR count). The molecule has 2 atom stereocenters. The predicted molar refractivity (Wildman–Crippen MR) is 191 cm³/mol. The van der Waals surface area contributed by atoms with E-state index in [4.69, 9.17) is 9.47 Å². The van der Waals surface area contributed by atoms with Crippen LogP contribution in [-0.4, -0.2) is 34.8 Å². The number of hydrogen-bond donors (Lipinski definition) is 1. The first-order chi connectivity index (χ1) is 23.1. The Hall–Kier alpha value is -4.23. The maximum absolute atomic E-state index is 14.4. The fraction of sp³-hybridized carbons (Fsp3) is 0.415. The number of halogens is 1. The first kappa shape index (κ1) is 35.1. The van der Waals surface area contributed by atoms with E-state index < -0.39 is 0 Å². The summed E-state index contributed by atoms with van der Waals surface area (Å²) in [7, 11) is 0. The van der Waals surface area contributed by atoms with Crippen molar-refractivity contribution in [3.8, 4) is 22.4 Å². The van der Waals surface area contributed by atoms with E-state index in [2.05, 4.69) is 44.5 Å². The fourth-order valence-electron chi connectivity index (χ4n) is 7.14. The highest BCUT2D eigenvalue weighted by molar-refractivity contribution is 6.12. The molecular formula is C41H49FN2O4. The summed E-state index contributed by atoms with van der Waals surface area (Å²) in [4.78, 5) is 27.0. The fourth-order valence-corrected chi connectivity index (χ4v) is 7.14. The van der Waals surface area contributed by atoms with Gasteiger partial charge in [-0.1, -0.05) is 75.7 Å². The third kappa shape index (κ3) is 8.62. The van der Waals surface area contributed by atoms with Crippen LogP contribution in [0.3, 0.4) is 0 Å². The summed E-state index contributed by atoms with van der Waals surface area (Å²) in [6.45, 7) is 11.5. The number of hydrogen-bond acceptors (Lipinski definition) is 4. The molecule has 1 aliphatic rings. The van der Waals surface area contributed by atoms with Crippen molar-refractivity contribution in [2.75, 3.05) is 11.9 Å². The Kier molecular flexibility index (Phi) is 11.5. The predicted octanol–water partition coefficient (Wildman–Crippen LogP) is 10.0. The monoisotopic (exact) mass is 652 g/mol. The number of aromatic nitrogens is 1. The van der Waals surface area contributed by atoms with Gasteiger partial charge in [0.25, 0.3) is 5.91 Å². The van der Waals surface area contributed by atoms with E-state index in [1.807, 2.05) is 60.7 Å². The zero-order valence-corrected chi connectivity index (χ0v) is 28.9. The summed E-state index contributed by atoms with van der Waals surface area (Å²) < 4.78 is 28.6. The van der Waals surface area contributed by atoms with Crippen LogP contribution >= 0.6 is 0 Å². The summed E-state index contributed by atoms with van der Waals surface area (Å²) in [5.41, 5.74) is 5.27. The average Bonchev–Trinajstić information content (AvgIpc) is 3.40. The second kappa shape index (κ2) is 15.8. The van der Waals surface area contributed by atoms with Crippen molar-refractivity contribution < 1.29 is 23.5 Å². The molecule has 1 fully saturated rings. The summed E-state index contributed by atoms with van der Waals surface area (Å²) in [5.74, 6) is -0.500. The van der Waals surface area contributed by atoms with Gasteiger partial charge in [-0.3, -0.25) is 9.59 Å². The van der Waals surface area contributed by atoms with Crippen LogP contribution in [0.25, 0.3) is 22.4 Å². The lowest BCUT2D eigenvalue weighted by molar-refractivity contribution is -0.152. The molecule has 1 aliphatic heterocycles. The van der Waals surface area contributed by atoms with Gasteiger partial charge in [0.15, 0.2) is 0 Å². The lowest BCUT2D eigenvalue weighted by atomic mass is 9.83. The van der Waals surface area contributed by atoms with Crippen LogP contribution in [0.15, 0.2) is 84.9 Å². The molecule has 48 heavy (non-hydrogen) atoms. The van der Waals surface area contributed by atoms with Gasteiger partial charge in [0.05, 0.1) is 29.6 Å². The van der Waals surface area contributed by atoms with E-state index in [0.717, 1.165) is 53.8 Å². The standard InChI is InChI=1S/C41H49FN2O4/c1-6-7-24-47-35(45)26-29-25-34(48-41(4,5)27-29)22-23-44-38(28(2)3)37(40(46)43-33-16-12-9-13-17-33)36(30-14-10-8-11-15-30)39(44)31-18-20-32(42)21-19-31/h8-21,28-29,34H,6-7,22-27H2,1-5H3,(H,43,46). The van der Waals surface area contributed by atoms with E-state index in [1.165, 1.54) is 12.1 Å². The van der Waals surface area contributed by atoms with Crippen LogP contribution in [0.1, 0.15) is 95.1 Å². The highest BCUT2D eigenvalue weighted by atomic mass is 19.1. The first-order valence-corrected chi connectivity index (χ1v) is 17.3. The normalized spacial score (nSPS) is 17.3. The van der Waals surface area contributed by atoms with E-state index in [1.54, 1.807) is 12.1 Å². The van der Waals surface area contributed by atoms with Gasteiger partial charge >= 0.3 is 5.97 Å². The lowest BCUT2D eigenvalue weighted by Gasteiger charge is -2.40. The number of carbonyl (C=O) groups is 2. The number of rotatable bonds is 13. The minimum Gasteiger partial charge on any atom is -0.466 e. The Morgan fingerprint density at radius 2 is 1.65 bits per heavy atom. The highest BCUT2D eigenvalue weighted by Crippen LogP contribution is 2.43. The topological polar surface area (TPSA) is 69.6 Å². The second-order valence-corrected chi connectivity index (χ2v) is 13.9. The van der Waals surface area contributed by atoms with Crippen LogP contribution < -0.4 is 5.32 Å². The summed E-state index contributed by atoms with van der Waals surface area (Å²) in [5, 5.41) is 3.14. The largest absolute Gasteiger partial charge is 0.466 e. The molecule has 7 heteroatoms. The van der Waals surface area contributed by atoms with Crippen LogP contribution in [0.5, 0.6) is 0 Å². The minimum atomic E-state index is -0.384. The van der Waals surface area contributed by atoms with E-state index >= 15 is 0 Å². The molecule has 3 aromatic carbocycles. The zero-order chi connectivity index (χ0) is 34.3. The Morgan fingerprint density at radius 1 is 0.979 bits per heavy atom. The van der Waals surface area contributed by atoms with Crippen LogP contribution in [0.2, 0.25) is 0 Å². The van der Waals surface area contributed by atoms with Gasteiger partial charge in [-0.2, -0.15) is 0 Å². The van der Waals surface area contributed by atoms with Crippen molar-refractivity contribution in [1.82, 2.24) is 4.57 Å².